The van der Waals surface area contributed by atoms with E-state index < -0.39 is 0 Å². The molecule has 3 aromatic rings. The third kappa shape index (κ3) is 5.06. The first-order valence-electron chi connectivity index (χ1n) is 13.7. The third-order valence-corrected chi connectivity index (χ3v) is 8.24. The highest BCUT2D eigenvalue weighted by Crippen LogP contribution is 2.37. The minimum atomic E-state index is 0.0222. The van der Waals surface area contributed by atoms with E-state index >= 15 is 0 Å². The molecule has 2 aromatic heterocycles. The van der Waals surface area contributed by atoms with Crippen LogP contribution < -0.4 is 5.56 Å². The topological polar surface area (TPSA) is 79.7 Å². The van der Waals surface area contributed by atoms with E-state index in [0.29, 0.717) is 18.6 Å². The molecule has 7 heteroatoms. The van der Waals surface area contributed by atoms with Crippen molar-refractivity contribution in [1.82, 2.24) is 30.1 Å². The lowest BCUT2D eigenvalue weighted by atomic mass is 9.91. The molecule has 0 aliphatic heterocycles. The molecular weight excluding hydrogens is 436 g/mol. The molecule has 35 heavy (non-hydrogen) atoms. The van der Waals surface area contributed by atoms with Crippen molar-refractivity contribution in [3.63, 3.8) is 0 Å². The molecule has 0 unspecified atom stereocenters. The van der Waals surface area contributed by atoms with Gasteiger partial charge in [-0.1, -0.05) is 51.5 Å². The maximum Gasteiger partial charge on any atom is 0.252 e. The summed E-state index contributed by atoms with van der Waals surface area (Å²) >= 11 is 0. The van der Waals surface area contributed by atoms with Crippen LogP contribution in [-0.4, -0.2) is 36.1 Å². The summed E-state index contributed by atoms with van der Waals surface area (Å²) in [5, 5.41) is 14.4. The summed E-state index contributed by atoms with van der Waals surface area (Å²) in [5.41, 5.74) is 4.17. The monoisotopic (exact) mass is 476 g/mol. The Kier molecular flexibility index (Phi) is 7.32. The number of aromatic amines is 1. The molecule has 2 saturated carbocycles. The Balaban J connectivity index is 1.55. The summed E-state index contributed by atoms with van der Waals surface area (Å²) in [6.45, 7) is 7.08. The summed E-state index contributed by atoms with van der Waals surface area (Å²) in [6.07, 6.45) is 13.0. The van der Waals surface area contributed by atoms with Gasteiger partial charge in [0.05, 0.1) is 12.1 Å². The van der Waals surface area contributed by atoms with E-state index in [4.69, 9.17) is 0 Å². The van der Waals surface area contributed by atoms with Gasteiger partial charge in [-0.05, 0) is 79.6 Å². The zero-order chi connectivity index (χ0) is 24.4. The van der Waals surface area contributed by atoms with Crippen LogP contribution >= 0.6 is 0 Å². The Labute approximate surface area is 208 Å². The Morgan fingerprint density at radius 3 is 2.54 bits per heavy atom. The number of nitrogens with zero attached hydrogens (tertiary/aromatic N) is 5. The largest absolute Gasteiger partial charge is 0.322 e. The average molecular weight is 477 g/mol. The van der Waals surface area contributed by atoms with E-state index in [0.717, 1.165) is 48.0 Å². The first-order valence-corrected chi connectivity index (χ1v) is 13.7. The van der Waals surface area contributed by atoms with Crippen LogP contribution in [0.25, 0.3) is 10.9 Å². The minimum absolute atomic E-state index is 0.0222. The second-order valence-electron chi connectivity index (χ2n) is 10.9. The van der Waals surface area contributed by atoms with Gasteiger partial charge in [-0.3, -0.25) is 9.69 Å². The Bertz CT molecular complexity index is 1200. The Morgan fingerprint density at radius 1 is 1.06 bits per heavy atom. The van der Waals surface area contributed by atoms with Crippen molar-refractivity contribution in [2.45, 2.75) is 116 Å². The maximum absolute atomic E-state index is 13.3. The molecule has 188 valence electrons. The number of aromatic nitrogens is 5. The van der Waals surface area contributed by atoms with E-state index in [1.54, 1.807) is 0 Å². The van der Waals surface area contributed by atoms with Crippen molar-refractivity contribution in [1.29, 1.82) is 0 Å². The van der Waals surface area contributed by atoms with Crippen LogP contribution in [0.15, 0.2) is 23.0 Å². The van der Waals surface area contributed by atoms with E-state index in [-0.39, 0.29) is 11.6 Å². The van der Waals surface area contributed by atoms with Gasteiger partial charge >= 0.3 is 0 Å². The molecule has 2 aliphatic rings. The molecule has 1 atom stereocenters. The van der Waals surface area contributed by atoms with Crippen LogP contribution in [0.1, 0.15) is 112 Å². The molecule has 5 rings (SSSR count). The number of nitrogens with one attached hydrogen (secondary N) is 1. The second kappa shape index (κ2) is 10.6. The van der Waals surface area contributed by atoms with Gasteiger partial charge in [-0.2, -0.15) is 0 Å². The molecule has 0 bridgehead atoms. The molecule has 2 heterocycles. The normalized spacial score (nSPS) is 18.6. The predicted octanol–water partition coefficient (Wildman–Crippen LogP) is 5.92. The van der Waals surface area contributed by atoms with Gasteiger partial charge in [-0.25, -0.2) is 4.68 Å². The van der Waals surface area contributed by atoms with Crippen molar-refractivity contribution in [2.24, 2.45) is 0 Å². The first-order chi connectivity index (χ1) is 17.0. The van der Waals surface area contributed by atoms with Crippen molar-refractivity contribution in [2.75, 3.05) is 0 Å². The number of pyridine rings is 1. The van der Waals surface area contributed by atoms with E-state index in [2.05, 4.69) is 69.1 Å². The molecule has 1 N–H and O–H groups in total. The lowest BCUT2D eigenvalue weighted by Crippen LogP contribution is -2.41. The number of hydrogen-bond donors (Lipinski definition) is 1. The number of fused-ring (bicyclic) bond motifs is 1. The van der Waals surface area contributed by atoms with Crippen LogP contribution in [0.3, 0.4) is 0 Å². The zero-order valence-electron chi connectivity index (χ0n) is 21.6. The van der Waals surface area contributed by atoms with Crippen molar-refractivity contribution < 1.29 is 0 Å². The summed E-state index contributed by atoms with van der Waals surface area (Å²) in [7, 11) is 0. The fraction of sp³-hybridized carbons (Fsp3) is 0.643. The average Bonchev–Trinajstić information content (AvgIpc) is 3.54. The molecule has 2 aliphatic carbocycles. The molecular formula is C28H40N6O. The minimum Gasteiger partial charge on any atom is -0.322 e. The summed E-state index contributed by atoms with van der Waals surface area (Å²) < 4.78 is 2.13. The molecule has 0 saturated heterocycles. The summed E-state index contributed by atoms with van der Waals surface area (Å²) in [6, 6.07) is 7.36. The number of tetrazole rings is 1. The van der Waals surface area contributed by atoms with Gasteiger partial charge in [-0.15, -0.1) is 5.10 Å². The molecule has 7 nitrogen and oxygen atoms in total. The standard InChI is InChI=1S/C28H40N6O/c1-4-10-26(27-30-31-32-34(27)23-13-8-9-14-23)33(22-11-6-5-7-12-22)18-21-17-24-20(3)15-19(2)16-25(24)29-28(21)35/h15-17,22-23,26H,4-14,18H2,1-3H3,(H,29,35)/t26-/m0/s1. The van der Waals surface area contributed by atoms with Crippen LogP contribution in [-0.2, 0) is 6.54 Å². The number of aryl methyl sites for hydroxylation is 2. The van der Waals surface area contributed by atoms with Crippen molar-refractivity contribution in [3.05, 3.63) is 51.1 Å². The smallest absolute Gasteiger partial charge is 0.252 e. The van der Waals surface area contributed by atoms with Gasteiger partial charge in [0, 0.05) is 29.1 Å². The first kappa shape index (κ1) is 24.2. The number of hydrogen-bond acceptors (Lipinski definition) is 5. The molecule has 0 radical (unpaired) electrons. The van der Waals surface area contributed by atoms with Gasteiger partial charge < -0.3 is 4.98 Å². The molecule has 0 spiro atoms. The summed E-state index contributed by atoms with van der Waals surface area (Å²) in [4.78, 5) is 19.1. The fourth-order valence-corrected chi connectivity index (χ4v) is 6.48. The van der Waals surface area contributed by atoms with Gasteiger partial charge in [0.1, 0.15) is 0 Å². The van der Waals surface area contributed by atoms with Crippen molar-refractivity contribution in [3.8, 4) is 0 Å². The lowest BCUT2D eigenvalue weighted by molar-refractivity contribution is 0.0798. The second-order valence-corrected chi connectivity index (χ2v) is 10.9. The molecule has 2 fully saturated rings. The molecule has 0 amide bonds. The SMILES string of the molecule is CCC[C@@H](c1nnnn1C1CCCC1)N(Cc1cc2c(C)cc(C)cc2[nH]c1=O)C1CCCCC1. The van der Waals surface area contributed by atoms with E-state index in [1.807, 2.05) is 0 Å². The van der Waals surface area contributed by atoms with Gasteiger partial charge in [0.15, 0.2) is 5.82 Å². The highest BCUT2D eigenvalue weighted by Gasteiger charge is 2.34. The quantitative estimate of drug-likeness (QED) is 0.436. The third-order valence-electron chi connectivity index (χ3n) is 8.24. The Hall–Kier alpha value is -2.54. The predicted molar refractivity (Wildman–Crippen MR) is 139 cm³/mol. The maximum atomic E-state index is 13.3. The van der Waals surface area contributed by atoms with Gasteiger partial charge in [0.2, 0.25) is 0 Å². The highest BCUT2D eigenvalue weighted by atomic mass is 16.1. The van der Waals surface area contributed by atoms with E-state index in [9.17, 15) is 4.79 Å². The van der Waals surface area contributed by atoms with E-state index in [1.165, 1.54) is 56.1 Å². The Morgan fingerprint density at radius 2 is 1.80 bits per heavy atom. The number of benzene rings is 1. The zero-order valence-corrected chi connectivity index (χ0v) is 21.6. The lowest BCUT2D eigenvalue weighted by Gasteiger charge is -2.39. The van der Waals surface area contributed by atoms with Gasteiger partial charge in [0.25, 0.3) is 5.56 Å². The molecule has 1 aromatic carbocycles. The van der Waals surface area contributed by atoms with Crippen LogP contribution in [0.2, 0.25) is 0 Å². The van der Waals surface area contributed by atoms with Crippen molar-refractivity contribution >= 4 is 10.9 Å². The summed E-state index contributed by atoms with van der Waals surface area (Å²) in [5.74, 6) is 0.994. The number of rotatable bonds is 8. The highest BCUT2D eigenvalue weighted by molar-refractivity contribution is 5.83. The van der Waals surface area contributed by atoms with Crippen LogP contribution in [0, 0.1) is 13.8 Å². The van der Waals surface area contributed by atoms with Crippen LogP contribution in [0.5, 0.6) is 0 Å². The van der Waals surface area contributed by atoms with Crippen LogP contribution in [0.4, 0.5) is 0 Å². The number of H-pyrrole nitrogens is 1. The fourth-order valence-electron chi connectivity index (χ4n) is 6.48.